The average molecular weight is 363 g/mol. The average Bonchev–Trinajstić information content (AvgIpc) is 2.60. The maximum absolute atomic E-state index is 6.06. The number of hydrogen-bond donors (Lipinski definition) is 1. The molecular formula is C19H23ClN2O3. The third-order valence-corrected chi connectivity index (χ3v) is 3.60. The Labute approximate surface area is 153 Å². The summed E-state index contributed by atoms with van der Waals surface area (Å²) in [5.74, 6) is 2.13. The normalized spacial score (nSPS) is 11.0. The van der Waals surface area contributed by atoms with Gasteiger partial charge in [0.2, 0.25) is 0 Å². The first-order valence-electron chi connectivity index (χ1n) is 7.96. The highest BCUT2D eigenvalue weighted by molar-refractivity contribution is 6.30. The van der Waals surface area contributed by atoms with Crippen LogP contribution in [0.3, 0.4) is 0 Å². The summed E-state index contributed by atoms with van der Waals surface area (Å²) in [6.07, 6.45) is 1.78. The van der Waals surface area contributed by atoms with E-state index in [1.165, 1.54) is 0 Å². The molecule has 0 aliphatic heterocycles. The summed E-state index contributed by atoms with van der Waals surface area (Å²) in [5, 5.41) is 4.89. The molecule has 0 saturated carbocycles. The van der Waals surface area contributed by atoms with Gasteiger partial charge < -0.3 is 19.6 Å². The number of hydrogen-bond acceptors (Lipinski definition) is 5. The van der Waals surface area contributed by atoms with Gasteiger partial charge in [-0.3, -0.25) is 0 Å². The van der Waals surface area contributed by atoms with Gasteiger partial charge >= 0.3 is 0 Å². The van der Waals surface area contributed by atoms with Gasteiger partial charge in [-0.2, -0.15) is 5.10 Å². The molecule has 0 heterocycles. The molecule has 0 amide bonds. The Hall–Kier alpha value is -2.40. The Morgan fingerprint density at radius 2 is 1.76 bits per heavy atom. The van der Waals surface area contributed by atoms with Gasteiger partial charge in [0.05, 0.1) is 33.1 Å². The number of benzene rings is 2. The second kappa shape index (κ2) is 9.18. The van der Waals surface area contributed by atoms with Gasteiger partial charge in [0.15, 0.2) is 11.5 Å². The molecule has 0 atom stereocenters. The minimum absolute atomic E-state index is 0.0769. The van der Waals surface area contributed by atoms with E-state index in [0.717, 1.165) is 16.9 Å². The first-order chi connectivity index (χ1) is 12.0. The maximum atomic E-state index is 6.06. The summed E-state index contributed by atoms with van der Waals surface area (Å²) < 4.78 is 16.3. The molecule has 5 nitrogen and oxygen atoms in total. The summed E-state index contributed by atoms with van der Waals surface area (Å²) in [6.45, 7) is 4.51. The van der Waals surface area contributed by atoms with Gasteiger partial charge in [0.25, 0.3) is 0 Å². The molecule has 0 aliphatic rings. The molecule has 25 heavy (non-hydrogen) atoms. The lowest BCUT2D eigenvalue weighted by atomic mass is 10.2. The van der Waals surface area contributed by atoms with E-state index in [1.54, 1.807) is 26.5 Å². The van der Waals surface area contributed by atoms with Crippen molar-refractivity contribution in [3.8, 4) is 17.2 Å². The van der Waals surface area contributed by atoms with Crippen LogP contribution in [-0.4, -0.2) is 26.5 Å². The minimum atomic E-state index is 0.0769. The van der Waals surface area contributed by atoms with E-state index in [9.17, 15) is 0 Å². The predicted molar refractivity (Wildman–Crippen MR) is 101 cm³/mol. The third kappa shape index (κ3) is 5.57. The first kappa shape index (κ1) is 18.9. The number of nitrogens with one attached hydrogen (secondary N) is 1. The lowest BCUT2D eigenvalue weighted by Crippen LogP contribution is -2.09. The van der Waals surface area contributed by atoms with Crippen molar-refractivity contribution in [1.82, 2.24) is 5.43 Å². The molecule has 2 aromatic rings. The Balaban J connectivity index is 2.03. The second-order valence-corrected chi connectivity index (χ2v) is 6.07. The van der Waals surface area contributed by atoms with Gasteiger partial charge in [-0.25, -0.2) is 0 Å². The standard InChI is InChI=1S/C19H23ClN2O3/c1-13(2)25-17-8-6-16(20)10-15(17)12-22-21-11-14-5-7-18(23-3)19(9-14)24-4/h5-10,12-13,21H,11H2,1-4H3/b22-12-. The molecule has 0 bridgehead atoms. The van der Waals surface area contributed by atoms with E-state index in [4.69, 9.17) is 25.8 Å². The van der Waals surface area contributed by atoms with Gasteiger partial charge in [-0.05, 0) is 49.7 Å². The summed E-state index contributed by atoms with van der Waals surface area (Å²) in [4.78, 5) is 0. The van der Waals surface area contributed by atoms with E-state index >= 15 is 0 Å². The number of halogens is 1. The van der Waals surface area contributed by atoms with Crippen molar-refractivity contribution in [3.63, 3.8) is 0 Å². The molecule has 0 spiro atoms. The highest BCUT2D eigenvalue weighted by Crippen LogP contribution is 2.27. The van der Waals surface area contributed by atoms with Crippen LogP contribution < -0.4 is 19.6 Å². The van der Waals surface area contributed by atoms with Crippen molar-refractivity contribution in [2.75, 3.05) is 14.2 Å². The van der Waals surface area contributed by atoms with Crippen LogP contribution in [0.4, 0.5) is 0 Å². The number of nitrogens with zero attached hydrogens (tertiary/aromatic N) is 1. The fraction of sp³-hybridized carbons (Fsp3) is 0.316. The number of hydrazone groups is 1. The fourth-order valence-electron chi connectivity index (χ4n) is 2.22. The van der Waals surface area contributed by atoms with Crippen LogP contribution >= 0.6 is 11.6 Å². The Morgan fingerprint density at radius 3 is 2.44 bits per heavy atom. The quantitative estimate of drug-likeness (QED) is 0.563. The van der Waals surface area contributed by atoms with Gasteiger partial charge in [-0.15, -0.1) is 0 Å². The molecule has 6 heteroatoms. The van der Waals surface area contributed by atoms with Crippen LogP contribution in [0.15, 0.2) is 41.5 Å². The topological polar surface area (TPSA) is 52.1 Å². The third-order valence-electron chi connectivity index (χ3n) is 3.36. The minimum Gasteiger partial charge on any atom is -0.493 e. The summed E-state index contributed by atoms with van der Waals surface area (Å²) >= 11 is 6.06. The second-order valence-electron chi connectivity index (χ2n) is 5.63. The highest BCUT2D eigenvalue weighted by Gasteiger charge is 2.06. The SMILES string of the molecule is COc1ccc(CN/N=C\c2cc(Cl)ccc2OC(C)C)cc1OC. The number of ether oxygens (including phenoxy) is 3. The van der Waals surface area contributed by atoms with Gasteiger partial charge in [0.1, 0.15) is 5.75 Å². The largest absolute Gasteiger partial charge is 0.493 e. The van der Waals surface area contributed by atoms with E-state index < -0.39 is 0 Å². The molecule has 134 valence electrons. The molecular weight excluding hydrogens is 340 g/mol. The molecule has 0 aliphatic carbocycles. The first-order valence-corrected chi connectivity index (χ1v) is 8.34. The van der Waals surface area contributed by atoms with Crippen molar-refractivity contribution in [1.29, 1.82) is 0 Å². The van der Waals surface area contributed by atoms with Crippen LogP contribution in [0.5, 0.6) is 17.2 Å². The molecule has 2 aromatic carbocycles. The van der Waals surface area contributed by atoms with Crippen LogP contribution in [0.1, 0.15) is 25.0 Å². The molecule has 0 radical (unpaired) electrons. The zero-order valence-electron chi connectivity index (χ0n) is 14.9. The number of rotatable bonds is 8. The smallest absolute Gasteiger partial charge is 0.161 e. The Kier molecular flexibility index (Phi) is 6.95. The zero-order valence-corrected chi connectivity index (χ0v) is 15.6. The summed E-state index contributed by atoms with van der Waals surface area (Å²) in [6, 6.07) is 11.2. The van der Waals surface area contributed by atoms with Crippen molar-refractivity contribution in [2.45, 2.75) is 26.5 Å². The van der Waals surface area contributed by atoms with Crippen molar-refractivity contribution in [2.24, 2.45) is 5.10 Å². The van der Waals surface area contributed by atoms with E-state index in [2.05, 4.69) is 10.5 Å². The van der Waals surface area contributed by atoms with Crippen LogP contribution in [-0.2, 0) is 6.54 Å². The number of methoxy groups -OCH3 is 2. The molecule has 0 aromatic heterocycles. The Morgan fingerprint density at radius 1 is 1.04 bits per heavy atom. The maximum Gasteiger partial charge on any atom is 0.161 e. The molecule has 0 saturated heterocycles. The van der Waals surface area contributed by atoms with E-state index in [0.29, 0.717) is 23.1 Å². The van der Waals surface area contributed by atoms with Crippen LogP contribution in [0.25, 0.3) is 0 Å². The van der Waals surface area contributed by atoms with Gasteiger partial charge in [0, 0.05) is 10.6 Å². The van der Waals surface area contributed by atoms with Crippen molar-refractivity contribution >= 4 is 17.8 Å². The Bertz CT molecular complexity index is 733. The van der Waals surface area contributed by atoms with E-state index in [1.807, 2.05) is 44.2 Å². The van der Waals surface area contributed by atoms with Crippen molar-refractivity contribution < 1.29 is 14.2 Å². The molecule has 1 N–H and O–H groups in total. The lowest BCUT2D eigenvalue weighted by molar-refractivity contribution is 0.242. The summed E-state index contributed by atoms with van der Waals surface area (Å²) in [7, 11) is 3.23. The zero-order chi connectivity index (χ0) is 18.2. The van der Waals surface area contributed by atoms with Crippen LogP contribution in [0, 0.1) is 0 Å². The lowest BCUT2D eigenvalue weighted by Gasteiger charge is -2.12. The van der Waals surface area contributed by atoms with Crippen LogP contribution in [0.2, 0.25) is 5.02 Å². The molecule has 0 fully saturated rings. The summed E-state index contributed by atoms with van der Waals surface area (Å²) in [5.41, 5.74) is 4.86. The molecule has 0 unspecified atom stereocenters. The van der Waals surface area contributed by atoms with Crippen molar-refractivity contribution in [3.05, 3.63) is 52.5 Å². The predicted octanol–water partition coefficient (Wildman–Crippen LogP) is 4.27. The van der Waals surface area contributed by atoms with Gasteiger partial charge in [-0.1, -0.05) is 17.7 Å². The van der Waals surface area contributed by atoms with E-state index in [-0.39, 0.29) is 6.10 Å². The molecule has 2 rings (SSSR count). The highest BCUT2D eigenvalue weighted by atomic mass is 35.5. The monoisotopic (exact) mass is 362 g/mol. The fourth-order valence-corrected chi connectivity index (χ4v) is 2.40.